The Balaban J connectivity index is 2.43. The average Bonchev–Trinajstić information content (AvgIpc) is 2.06. The second-order valence-corrected chi connectivity index (χ2v) is 5.19. The van der Waals surface area contributed by atoms with Crippen molar-refractivity contribution >= 4 is 10.0 Å². The molecule has 2 N–H and O–H groups in total. The monoisotopic (exact) mass is 213 g/mol. The molecule has 0 saturated carbocycles. The Morgan fingerprint density at radius 2 is 1.79 bits per heavy atom. The summed E-state index contributed by atoms with van der Waals surface area (Å²) in [5, 5.41) is 4.90. The van der Waals surface area contributed by atoms with Gasteiger partial charge in [-0.25, -0.2) is 13.6 Å². The van der Waals surface area contributed by atoms with E-state index in [0.29, 0.717) is 6.42 Å². The van der Waals surface area contributed by atoms with Gasteiger partial charge in [0.05, 0.1) is 5.75 Å². The Morgan fingerprint density at radius 1 is 1.21 bits per heavy atom. The number of primary sulfonamides is 1. The Hall–Kier alpha value is -0.870. The maximum Gasteiger partial charge on any atom is 0.209 e. The Bertz CT molecular complexity index is 381. The first-order valence-corrected chi connectivity index (χ1v) is 6.25. The lowest BCUT2D eigenvalue weighted by atomic mass is 10.1. The molecule has 0 aliphatic heterocycles. The number of aryl methyl sites for hydroxylation is 2. The van der Waals surface area contributed by atoms with E-state index in [4.69, 9.17) is 5.14 Å². The highest BCUT2D eigenvalue weighted by Gasteiger charge is 2.01. The lowest BCUT2D eigenvalue weighted by Crippen LogP contribution is -2.16. The van der Waals surface area contributed by atoms with Crippen molar-refractivity contribution in [3.05, 3.63) is 35.4 Å². The van der Waals surface area contributed by atoms with Crippen LogP contribution in [0.1, 0.15) is 17.5 Å². The number of nitrogens with two attached hydrogens (primary N) is 1. The highest BCUT2D eigenvalue weighted by atomic mass is 32.2. The molecule has 0 unspecified atom stereocenters. The second-order valence-electron chi connectivity index (χ2n) is 3.46. The highest BCUT2D eigenvalue weighted by molar-refractivity contribution is 7.89. The zero-order chi connectivity index (χ0) is 10.6. The average molecular weight is 213 g/mol. The fraction of sp³-hybridized carbons (Fsp3) is 0.400. The van der Waals surface area contributed by atoms with Gasteiger partial charge >= 0.3 is 0 Å². The molecule has 78 valence electrons. The van der Waals surface area contributed by atoms with Crippen LogP contribution in [0, 0.1) is 6.92 Å². The van der Waals surface area contributed by atoms with E-state index in [0.717, 1.165) is 12.0 Å². The van der Waals surface area contributed by atoms with E-state index in [1.165, 1.54) is 5.56 Å². The minimum Gasteiger partial charge on any atom is -0.229 e. The summed E-state index contributed by atoms with van der Waals surface area (Å²) in [7, 11) is -3.30. The molecule has 0 aliphatic carbocycles. The van der Waals surface area contributed by atoms with Crippen LogP contribution >= 0.6 is 0 Å². The van der Waals surface area contributed by atoms with Crippen molar-refractivity contribution < 1.29 is 8.42 Å². The SMILES string of the molecule is Cc1ccc(CCCS(N)(=O)=O)cc1. The summed E-state index contributed by atoms with van der Waals surface area (Å²) in [4.78, 5) is 0. The van der Waals surface area contributed by atoms with Gasteiger partial charge in [-0.3, -0.25) is 0 Å². The fourth-order valence-corrected chi connectivity index (χ4v) is 1.78. The van der Waals surface area contributed by atoms with E-state index >= 15 is 0 Å². The number of hydrogen-bond acceptors (Lipinski definition) is 2. The zero-order valence-corrected chi connectivity index (χ0v) is 9.05. The standard InChI is InChI=1S/C10H15NO2S/c1-9-4-6-10(7-5-9)3-2-8-14(11,12)13/h4-7H,2-3,8H2,1H3,(H2,11,12,13). The molecule has 0 heterocycles. The first kappa shape index (κ1) is 11.2. The maximum atomic E-state index is 10.7. The summed E-state index contributed by atoms with van der Waals surface area (Å²) in [6, 6.07) is 8.06. The first-order valence-electron chi connectivity index (χ1n) is 4.53. The molecule has 0 atom stereocenters. The van der Waals surface area contributed by atoms with Crippen molar-refractivity contribution in [3.8, 4) is 0 Å². The summed E-state index contributed by atoms with van der Waals surface area (Å²) >= 11 is 0. The molecule has 0 aliphatic rings. The van der Waals surface area contributed by atoms with Crippen LogP contribution in [0.2, 0.25) is 0 Å². The summed E-state index contributed by atoms with van der Waals surface area (Å²) < 4.78 is 21.3. The molecular weight excluding hydrogens is 198 g/mol. The molecular formula is C10H15NO2S. The van der Waals surface area contributed by atoms with Crippen LogP contribution in [0.15, 0.2) is 24.3 Å². The van der Waals surface area contributed by atoms with Gasteiger partial charge < -0.3 is 0 Å². The van der Waals surface area contributed by atoms with Crippen LogP contribution in [0.5, 0.6) is 0 Å². The molecule has 0 amide bonds. The van der Waals surface area contributed by atoms with Gasteiger partial charge in [0.25, 0.3) is 0 Å². The molecule has 4 heteroatoms. The van der Waals surface area contributed by atoms with E-state index < -0.39 is 10.0 Å². The van der Waals surface area contributed by atoms with Crippen molar-refractivity contribution in [3.63, 3.8) is 0 Å². The van der Waals surface area contributed by atoms with Crippen LogP contribution < -0.4 is 5.14 Å². The summed E-state index contributed by atoms with van der Waals surface area (Å²) in [5.41, 5.74) is 2.36. The van der Waals surface area contributed by atoms with Crippen LogP contribution in [-0.4, -0.2) is 14.2 Å². The van der Waals surface area contributed by atoms with Crippen LogP contribution in [0.4, 0.5) is 0 Å². The van der Waals surface area contributed by atoms with Crippen molar-refractivity contribution in [1.82, 2.24) is 0 Å². The summed E-state index contributed by atoms with van der Waals surface area (Å²) in [6.45, 7) is 2.02. The predicted octanol–water partition coefficient (Wildman–Crippen LogP) is 1.22. The van der Waals surface area contributed by atoms with Gasteiger partial charge in [-0.05, 0) is 25.3 Å². The fourth-order valence-electron chi connectivity index (χ4n) is 1.23. The first-order chi connectivity index (χ1) is 6.47. The molecule has 1 aromatic carbocycles. The second kappa shape index (κ2) is 4.57. The largest absolute Gasteiger partial charge is 0.229 e. The number of sulfonamides is 1. The number of hydrogen-bond donors (Lipinski definition) is 1. The normalized spacial score (nSPS) is 11.6. The summed E-state index contributed by atoms with van der Waals surface area (Å²) in [6.07, 6.45) is 1.35. The van der Waals surface area contributed by atoms with E-state index in [1.807, 2.05) is 31.2 Å². The van der Waals surface area contributed by atoms with Gasteiger partial charge in [0, 0.05) is 0 Å². The third-order valence-electron chi connectivity index (χ3n) is 2.01. The molecule has 3 nitrogen and oxygen atoms in total. The Labute approximate surface area is 85.0 Å². The molecule has 1 rings (SSSR count). The van der Waals surface area contributed by atoms with Crippen LogP contribution in [-0.2, 0) is 16.4 Å². The lowest BCUT2D eigenvalue weighted by molar-refractivity contribution is 0.595. The third-order valence-corrected chi connectivity index (χ3v) is 2.87. The van der Waals surface area contributed by atoms with Crippen LogP contribution in [0.3, 0.4) is 0 Å². The molecule has 0 radical (unpaired) electrons. The van der Waals surface area contributed by atoms with Crippen molar-refractivity contribution in [2.24, 2.45) is 5.14 Å². The smallest absolute Gasteiger partial charge is 0.209 e. The number of rotatable bonds is 4. The predicted molar refractivity (Wildman–Crippen MR) is 57.5 cm³/mol. The topological polar surface area (TPSA) is 60.2 Å². The van der Waals surface area contributed by atoms with Gasteiger partial charge in [-0.2, -0.15) is 0 Å². The van der Waals surface area contributed by atoms with Crippen molar-refractivity contribution in [2.75, 3.05) is 5.75 Å². The van der Waals surface area contributed by atoms with E-state index in [2.05, 4.69) is 0 Å². The quantitative estimate of drug-likeness (QED) is 0.817. The van der Waals surface area contributed by atoms with E-state index in [1.54, 1.807) is 0 Å². The molecule has 0 saturated heterocycles. The minimum absolute atomic E-state index is 0.0564. The third kappa shape index (κ3) is 4.39. The Morgan fingerprint density at radius 3 is 2.29 bits per heavy atom. The van der Waals surface area contributed by atoms with Gasteiger partial charge in [0.15, 0.2) is 0 Å². The van der Waals surface area contributed by atoms with Gasteiger partial charge in [-0.15, -0.1) is 0 Å². The van der Waals surface area contributed by atoms with Crippen molar-refractivity contribution in [1.29, 1.82) is 0 Å². The highest BCUT2D eigenvalue weighted by Crippen LogP contribution is 2.05. The van der Waals surface area contributed by atoms with E-state index in [-0.39, 0.29) is 5.75 Å². The van der Waals surface area contributed by atoms with Gasteiger partial charge in [0.1, 0.15) is 0 Å². The molecule has 0 aromatic heterocycles. The number of benzene rings is 1. The van der Waals surface area contributed by atoms with E-state index in [9.17, 15) is 8.42 Å². The van der Waals surface area contributed by atoms with Crippen molar-refractivity contribution in [2.45, 2.75) is 19.8 Å². The molecule has 0 fully saturated rings. The van der Waals surface area contributed by atoms with Gasteiger partial charge in [0.2, 0.25) is 10.0 Å². The van der Waals surface area contributed by atoms with Crippen LogP contribution in [0.25, 0.3) is 0 Å². The molecule has 0 bridgehead atoms. The molecule has 14 heavy (non-hydrogen) atoms. The molecule has 0 spiro atoms. The summed E-state index contributed by atoms with van der Waals surface area (Å²) in [5.74, 6) is 0.0564. The Kier molecular flexibility index (Phi) is 3.66. The van der Waals surface area contributed by atoms with Gasteiger partial charge in [-0.1, -0.05) is 29.8 Å². The minimum atomic E-state index is -3.30. The molecule has 1 aromatic rings. The zero-order valence-electron chi connectivity index (χ0n) is 8.23. The maximum absolute atomic E-state index is 10.7. The lowest BCUT2D eigenvalue weighted by Gasteiger charge is -2.00.